The summed E-state index contributed by atoms with van der Waals surface area (Å²) in [5.74, 6) is 0.248. The first-order chi connectivity index (χ1) is 12.8. The van der Waals surface area contributed by atoms with E-state index in [4.69, 9.17) is 4.74 Å². The van der Waals surface area contributed by atoms with Gasteiger partial charge in [-0.2, -0.15) is 4.31 Å². The molecule has 2 aromatic rings. The van der Waals surface area contributed by atoms with Crippen molar-refractivity contribution in [2.45, 2.75) is 25.7 Å². The zero-order valence-corrected chi connectivity index (χ0v) is 17.9. The number of halogens is 1. The van der Waals surface area contributed by atoms with Gasteiger partial charge in [0.25, 0.3) is 5.91 Å². The molecule has 2 rings (SSSR count). The van der Waals surface area contributed by atoms with Gasteiger partial charge in [-0.1, -0.05) is 19.9 Å². The van der Waals surface area contributed by atoms with Crippen molar-refractivity contribution >= 4 is 37.5 Å². The van der Waals surface area contributed by atoms with Crippen molar-refractivity contribution in [3.8, 4) is 5.75 Å². The molecule has 1 amide bonds. The van der Waals surface area contributed by atoms with Crippen LogP contribution in [0.15, 0.2) is 51.8 Å². The van der Waals surface area contributed by atoms with Gasteiger partial charge in [0.15, 0.2) is 6.61 Å². The van der Waals surface area contributed by atoms with Crippen molar-refractivity contribution in [2.75, 3.05) is 25.0 Å². The summed E-state index contributed by atoms with van der Waals surface area (Å²) >= 11 is 3.40. The smallest absolute Gasteiger partial charge is 0.262 e. The SMILES string of the molecule is CCN(CC)S(=O)(=O)c1ccc(NC(=O)COc2ccc(C)cc2Br)cc1. The lowest BCUT2D eigenvalue weighted by atomic mass is 10.2. The minimum Gasteiger partial charge on any atom is -0.483 e. The van der Waals surface area contributed by atoms with Crippen LogP contribution in [0.4, 0.5) is 5.69 Å². The summed E-state index contributed by atoms with van der Waals surface area (Å²) in [5.41, 5.74) is 1.59. The molecule has 0 aliphatic heterocycles. The van der Waals surface area contributed by atoms with Gasteiger partial charge >= 0.3 is 0 Å². The highest BCUT2D eigenvalue weighted by atomic mass is 79.9. The van der Waals surface area contributed by atoms with Crippen LogP contribution < -0.4 is 10.1 Å². The number of hydrogen-bond donors (Lipinski definition) is 1. The number of ether oxygens (including phenoxy) is 1. The van der Waals surface area contributed by atoms with Gasteiger partial charge in [0.05, 0.1) is 9.37 Å². The van der Waals surface area contributed by atoms with Crippen LogP contribution in [0.3, 0.4) is 0 Å². The Morgan fingerprint density at radius 1 is 1.11 bits per heavy atom. The van der Waals surface area contributed by atoms with E-state index in [1.807, 2.05) is 19.1 Å². The van der Waals surface area contributed by atoms with Crippen molar-refractivity contribution in [3.63, 3.8) is 0 Å². The van der Waals surface area contributed by atoms with E-state index in [0.29, 0.717) is 24.5 Å². The summed E-state index contributed by atoms with van der Waals surface area (Å²) in [4.78, 5) is 12.3. The molecule has 0 saturated carbocycles. The average molecular weight is 455 g/mol. The van der Waals surface area contributed by atoms with Crippen molar-refractivity contribution in [3.05, 3.63) is 52.5 Å². The maximum absolute atomic E-state index is 12.5. The van der Waals surface area contributed by atoms with Gasteiger partial charge in [0, 0.05) is 18.8 Å². The number of rotatable bonds is 8. The summed E-state index contributed by atoms with van der Waals surface area (Å²) in [6, 6.07) is 11.7. The number of benzene rings is 2. The lowest BCUT2D eigenvalue weighted by molar-refractivity contribution is -0.118. The van der Waals surface area contributed by atoms with Crippen LogP contribution in [-0.2, 0) is 14.8 Å². The van der Waals surface area contributed by atoms with Crippen LogP contribution in [0.1, 0.15) is 19.4 Å². The number of hydrogen-bond acceptors (Lipinski definition) is 4. The normalized spacial score (nSPS) is 11.4. The van der Waals surface area contributed by atoms with Gasteiger partial charge in [-0.05, 0) is 64.8 Å². The molecule has 0 saturated heterocycles. The first-order valence-corrected chi connectivity index (χ1v) is 10.8. The molecule has 0 spiro atoms. The van der Waals surface area contributed by atoms with Crippen molar-refractivity contribution in [2.24, 2.45) is 0 Å². The number of anilines is 1. The van der Waals surface area contributed by atoms with Crippen molar-refractivity contribution < 1.29 is 17.9 Å². The Hall–Kier alpha value is -1.90. The van der Waals surface area contributed by atoms with Crippen LogP contribution in [0.25, 0.3) is 0 Å². The monoisotopic (exact) mass is 454 g/mol. The summed E-state index contributed by atoms with van der Waals surface area (Å²) in [5, 5.41) is 2.69. The second kappa shape index (κ2) is 9.34. The number of nitrogens with one attached hydrogen (secondary N) is 1. The van der Waals surface area contributed by atoms with E-state index in [9.17, 15) is 13.2 Å². The molecule has 0 aliphatic carbocycles. The fraction of sp³-hybridized carbons (Fsp3) is 0.316. The molecule has 0 radical (unpaired) electrons. The summed E-state index contributed by atoms with van der Waals surface area (Å²) in [7, 11) is -3.51. The average Bonchev–Trinajstić information content (AvgIpc) is 2.62. The minimum absolute atomic E-state index is 0.152. The molecule has 2 aromatic carbocycles. The molecule has 8 heteroatoms. The molecular weight excluding hydrogens is 432 g/mol. The van der Waals surface area contributed by atoms with Gasteiger partial charge in [0.1, 0.15) is 5.75 Å². The Bertz CT molecular complexity index is 894. The summed E-state index contributed by atoms with van der Waals surface area (Å²) < 4.78 is 32.6. The Morgan fingerprint density at radius 3 is 2.30 bits per heavy atom. The van der Waals surface area contributed by atoms with E-state index in [2.05, 4.69) is 21.2 Å². The van der Waals surface area contributed by atoms with Gasteiger partial charge < -0.3 is 10.1 Å². The Morgan fingerprint density at radius 2 is 1.74 bits per heavy atom. The van der Waals surface area contributed by atoms with Crippen LogP contribution in [0, 0.1) is 6.92 Å². The summed E-state index contributed by atoms with van der Waals surface area (Å²) in [6.45, 7) is 6.21. The van der Waals surface area contributed by atoms with Crippen LogP contribution >= 0.6 is 15.9 Å². The Kier molecular flexibility index (Phi) is 7.41. The molecular formula is C19H23BrN2O4S. The second-order valence-electron chi connectivity index (χ2n) is 5.88. The number of carbonyl (C=O) groups is 1. The molecule has 0 aromatic heterocycles. The Labute approximate surface area is 168 Å². The maximum atomic E-state index is 12.5. The molecule has 0 unspecified atom stereocenters. The Balaban J connectivity index is 1.98. The fourth-order valence-electron chi connectivity index (χ4n) is 2.49. The largest absolute Gasteiger partial charge is 0.483 e. The molecule has 27 heavy (non-hydrogen) atoms. The van der Waals surface area contributed by atoms with Crippen molar-refractivity contribution in [1.82, 2.24) is 4.31 Å². The van der Waals surface area contributed by atoms with E-state index in [1.54, 1.807) is 32.0 Å². The fourth-order valence-corrected chi connectivity index (χ4v) is 4.55. The minimum atomic E-state index is -3.51. The maximum Gasteiger partial charge on any atom is 0.262 e. The van der Waals surface area contributed by atoms with E-state index in [0.717, 1.165) is 10.0 Å². The zero-order chi connectivity index (χ0) is 20.0. The molecule has 6 nitrogen and oxygen atoms in total. The predicted octanol–water partition coefficient (Wildman–Crippen LogP) is 3.81. The molecule has 146 valence electrons. The molecule has 0 bridgehead atoms. The van der Waals surface area contributed by atoms with Gasteiger partial charge in [0.2, 0.25) is 10.0 Å². The van der Waals surface area contributed by atoms with E-state index < -0.39 is 10.0 Å². The highest BCUT2D eigenvalue weighted by Gasteiger charge is 2.21. The first kappa shape index (κ1) is 21.4. The molecule has 0 aliphatic rings. The van der Waals surface area contributed by atoms with Crippen LogP contribution in [0.2, 0.25) is 0 Å². The van der Waals surface area contributed by atoms with Gasteiger partial charge in [-0.25, -0.2) is 8.42 Å². The third kappa shape index (κ3) is 5.54. The van der Waals surface area contributed by atoms with Gasteiger partial charge in [-0.15, -0.1) is 0 Å². The first-order valence-electron chi connectivity index (χ1n) is 8.57. The second-order valence-corrected chi connectivity index (χ2v) is 8.68. The lowest BCUT2D eigenvalue weighted by Gasteiger charge is -2.18. The van der Waals surface area contributed by atoms with E-state index in [-0.39, 0.29) is 17.4 Å². The predicted molar refractivity (Wildman–Crippen MR) is 110 cm³/mol. The molecule has 1 N–H and O–H groups in total. The molecule has 0 atom stereocenters. The lowest BCUT2D eigenvalue weighted by Crippen LogP contribution is -2.30. The number of aryl methyl sites for hydroxylation is 1. The van der Waals surface area contributed by atoms with E-state index in [1.165, 1.54) is 16.4 Å². The van der Waals surface area contributed by atoms with E-state index >= 15 is 0 Å². The molecule has 0 fully saturated rings. The third-order valence-corrected chi connectivity index (χ3v) is 6.61. The standard InChI is InChI=1S/C19H23BrN2O4S/c1-4-22(5-2)27(24,25)16-9-7-15(8-10-16)21-19(23)13-26-18-11-6-14(3)12-17(18)20/h6-12H,4-5,13H2,1-3H3,(H,21,23). The quantitative estimate of drug-likeness (QED) is 0.657. The highest BCUT2D eigenvalue weighted by molar-refractivity contribution is 9.10. The highest BCUT2D eigenvalue weighted by Crippen LogP contribution is 2.25. The number of amides is 1. The van der Waals surface area contributed by atoms with Crippen molar-refractivity contribution in [1.29, 1.82) is 0 Å². The third-order valence-electron chi connectivity index (χ3n) is 3.93. The summed E-state index contributed by atoms with van der Waals surface area (Å²) in [6.07, 6.45) is 0. The number of carbonyl (C=O) groups excluding carboxylic acids is 1. The van der Waals surface area contributed by atoms with Gasteiger partial charge in [-0.3, -0.25) is 4.79 Å². The number of nitrogens with zero attached hydrogens (tertiary/aromatic N) is 1. The number of sulfonamides is 1. The molecule has 0 heterocycles. The topological polar surface area (TPSA) is 75.7 Å². The van der Waals surface area contributed by atoms with Crippen LogP contribution in [-0.4, -0.2) is 38.3 Å². The zero-order valence-electron chi connectivity index (χ0n) is 15.5. The van der Waals surface area contributed by atoms with Crippen LogP contribution in [0.5, 0.6) is 5.75 Å².